The van der Waals surface area contributed by atoms with Crippen molar-refractivity contribution in [2.45, 2.75) is 44.4 Å². The van der Waals surface area contributed by atoms with Gasteiger partial charge in [0.05, 0.1) is 0 Å². The normalized spacial score (nSPS) is 17.1. The molecule has 1 fully saturated rings. The number of hydrogen-bond donors (Lipinski definition) is 0. The lowest BCUT2D eigenvalue weighted by molar-refractivity contribution is 0.416. The molecule has 0 atom stereocenters. The van der Waals surface area contributed by atoms with Gasteiger partial charge in [-0.05, 0) is 36.3 Å². The molecule has 0 saturated heterocycles. The monoisotopic (exact) mass is 236 g/mol. The lowest BCUT2D eigenvalue weighted by Crippen LogP contribution is -2.09. The molecule has 0 nitrogen and oxygen atoms in total. The second kappa shape index (κ2) is 5.44. The molecular weight excluding hydrogens is 218 g/mol. The van der Waals surface area contributed by atoms with Crippen LogP contribution in [0.5, 0.6) is 0 Å². The highest BCUT2D eigenvalue weighted by atomic mass is 19.2. The molecule has 2 rings (SSSR count). The molecule has 1 aromatic rings. The Balaban J connectivity index is 2.29. The third-order valence-electron chi connectivity index (χ3n) is 3.60. The predicted molar refractivity (Wildman–Crippen MR) is 66.1 cm³/mol. The molecule has 0 amide bonds. The van der Waals surface area contributed by atoms with Crippen LogP contribution in [-0.4, -0.2) is 0 Å². The minimum Gasteiger partial charge on any atom is -0.203 e. The van der Waals surface area contributed by atoms with Crippen LogP contribution in [0.2, 0.25) is 0 Å². The van der Waals surface area contributed by atoms with Gasteiger partial charge in [-0.15, -0.1) is 6.58 Å². The van der Waals surface area contributed by atoms with Crippen LogP contribution >= 0.6 is 0 Å². The molecule has 0 spiro atoms. The molecule has 0 bridgehead atoms. The summed E-state index contributed by atoms with van der Waals surface area (Å²) in [5.74, 6) is -1.12. The summed E-state index contributed by atoms with van der Waals surface area (Å²) in [6.07, 6.45) is 7.41. The minimum absolute atomic E-state index is 0.205. The van der Waals surface area contributed by atoms with Gasteiger partial charge in [0, 0.05) is 0 Å². The first-order valence-corrected chi connectivity index (χ1v) is 6.31. The highest BCUT2D eigenvalue weighted by Crippen LogP contribution is 2.35. The maximum atomic E-state index is 14.0. The highest BCUT2D eigenvalue weighted by Gasteiger charge is 2.21. The standard InChI is InChI=1S/C15H18F2/c1-2-6-12-9-10-13(15(17)14(12)16)11-7-4-3-5-8-11/h2,9-11H,1,3-8H2. The first-order valence-electron chi connectivity index (χ1n) is 6.31. The average Bonchev–Trinajstić information content (AvgIpc) is 2.36. The van der Waals surface area contributed by atoms with E-state index in [4.69, 9.17) is 0 Å². The van der Waals surface area contributed by atoms with E-state index in [9.17, 15) is 8.78 Å². The topological polar surface area (TPSA) is 0 Å². The first kappa shape index (κ1) is 12.3. The van der Waals surface area contributed by atoms with Crippen LogP contribution in [0.15, 0.2) is 24.8 Å². The van der Waals surface area contributed by atoms with E-state index < -0.39 is 11.6 Å². The minimum atomic E-state index is -0.687. The van der Waals surface area contributed by atoms with Crippen LogP contribution in [0, 0.1) is 11.6 Å². The summed E-state index contributed by atoms with van der Waals surface area (Å²) < 4.78 is 27.7. The van der Waals surface area contributed by atoms with E-state index in [0.29, 0.717) is 17.5 Å². The third kappa shape index (κ3) is 2.56. The summed E-state index contributed by atoms with van der Waals surface area (Å²) in [5.41, 5.74) is 0.965. The van der Waals surface area contributed by atoms with Crippen LogP contribution in [0.4, 0.5) is 8.78 Å². The molecule has 92 valence electrons. The van der Waals surface area contributed by atoms with Gasteiger partial charge in [0.1, 0.15) is 0 Å². The number of halogens is 2. The third-order valence-corrected chi connectivity index (χ3v) is 3.60. The summed E-state index contributed by atoms with van der Waals surface area (Å²) in [4.78, 5) is 0. The second-order valence-electron chi connectivity index (χ2n) is 4.77. The smallest absolute Gasteiger partial charge is 0.162 e. The zero-order chi connectivity index (χ0) is 12.3. The quantitative estimate of drug-likeness (QED) is 0.665. The summed E-state index contributed by atoms with van der Waals surface area (Å²) in [6.45, 7) is 3.55. The molecule has 0 radical (unpaired) electrons. The van der Waals surface area contributed by atoms with Gasteiger partial charge < -0.3 is 0 Å². The molecule has 0 aliphatic heterocycles. The zero-order valence-corrected chi connectivity index (χ0v) is 10.0. The van der Waals surface area contributed by atoms with Crippen molar-refractivity contribution in [1.82, 2.24) is 0 Å². The number of rotatable bonds is 3. The predicted octanol–water partition coefficient (Wildman–Crippen LogP) is 4.74. The van der Waals surface area contributed by atoms with Gasteiger partial charge in [0.15, 0.2) is 11.6 Å². The fourth-order valence-corrected chi connectivity index (χ4v) is 2.65. The summed E-state index contributed by atoms with van der Waals surface area (Å²) >= 11 is 0. The SMILES string of the molecule is C=CCc1ccc(C2CCCCC2)c(F)c1F. The molecule has 2 heteroatoms. The Morgan fingerprint density at radius 2 is 1.82 bits per heavy atom. The van der Waals surface area contributed by atoms with E-state index in [1.807, 2.05) is 0 Å². The van der Waals surface area contributed by atoms with Crippen LogP contribution in [0.1, 0.15) is 49.1 Å². The van der Waals surface area contributed by atoms with E-state index in [-0.39, 0.29) is 5.92 Å². The number of benzene rings is 1. The second-order valence-corrected chi connectivity index (χ2v) is 4.77. The van der Waals surface area contributed by atoms with E-state index in [2.05, 4.69) is 6.58 Å². The molecule has 1 aromatic carbocycles. The van der Waals surface area contributed by atoms with E-state index >= 15 is 0 Å². The largest absolute Gasteiger partial charge is 0.203 e. The van der Waals surface area contributed by atoms with Crippen LogP contribution in [-0.2, 0) is 6.42 Å². The fourth-order valence-electron chi connectivity index (χ4n) is 2.65. The lowest BCUT2D eigenvalue weighted by Gasteiger charge is -2.22. The highest BCUT2D eigenvalue weighted by molar-refractivity contribution is 5.30. The van der Waals surface area contributed by atoms with Gasteiger partial charge in [0.25, 0.3) is 0 Å². The van der Waals surface area contributed by atoms with Crippen molar-refractivity contribution in [3.05, 3.63) is 47.5 Å². The summed E-state index contributed by atoms with van der Waals surface area (Å²) in [6, 6.07) is 3.46. The van der Waals surface area contributed by atoms with Gasteiger partial charge in [-0.3, -0.25) is 0 Å². The average molecular weight is 236 g/mol. The van der Waals surface area contributed by atoms with Crippen molar-refractivity contribution in [2.24, 2.45) is 0 Å². The van der Waals surface area contributed by atoms with Gasteiger partial charge >= 0.3 is 0 Å². The number of allylic oxidation sites excluding steroid dienone is 1. The van der Waals surface area contributed by atoms with Crippen molar-refractivity contribution in [3.63, 3.8) is 0 Å². The Morgan fingerprint density at radius 3 is 2.47 bits per heavy atom. The molecule has 17 heavy (non-hydrogen) atoms. The molecule has 1 saturated carbocycles. The molecule has 0 heterocycles. The lowest BCUT2D eigenvalue weighted by atomic mass is 9.83. The Bertz CT molecular complexity index is 404. The molecule has 1 aliphatic rings. The van der Waals surface area contributed by atoms with E-state index in [1.54, 1.807) is 18.2 Å². The zero-order valence-electron chi connectivity index (χ0n) is 10.0. The molecule has 0 aromatic heterocycles. The first-order chi connectivity index (χ1) is 8.24. The Morgan fingerprint density at radius 1 is 1.12 bits per heavy atom. The van der Waals surface area contributed by atoms with E-state index in [1.165, 1.54) is 6.42 Å². The van der Waals surface area contributed by atoms with Crippen molar-refractivity contribution in [3.8, 4) is 0 Å². The Kier molecular flexibility index (Phi) is 3.93. The van der Waals surface area contributed by atoms with Gasteiger partial charge in [-0.1, -0.05) is 37.5 Å². The molecule has 1 aliphatic carbocycles. The van der Waals surface area contributed by atoms with Gasteiger partial charge in [-0.25, -0.2) is 8.78 Å². The van der Waals surface area contributed by atoms with Gasteiger partial charge in [-0.2, -0.15) is 0 Å². The molecule has 0 unspecified atom stereocenters. The number of hydrogen-bond acceptors (Lipinski definition) is 0. The maximum Gasteiger partial charge on any atom is 0.162 e. The van der Waals surface area contributed by atoms with Gasteiger partial charge in [0.2, 0.25) is 0 Å². The molecule has 0 N–H and O–H groups in total. The maximum absolute atomic E-state index is 14.0. The van der Waals surface area contributed by atoms with Crippen molar-refractivity contribution >= 4 is 0 Å². The molecular formula is C15H18F2. The Hall–Kier alpha value is -1.18. The van der Waals surface area contributed by atoms with Crippen molar-refractivity contribution < 1.29 is 8.78 Å². The summed E-state index contributed by atoms with van der Waals surface area (Å²) in [7, 11) is 0. The van der Waals surface area contributed by atoms with Crippen LogP contribution in [0.25, 0.3) is 0 Å². The Labute approximate surface area is 101 Å². The van der Waals surface area contributed by atoms with Crippen LogP contribution < -0.4 is 0 Å². The van der Waals surface area contributed by atoms with Crippen molar-refractivity contribution in [2.75, 3.05) is 0 Å². The van der Waals surface area contributed by atoms with Crippen LogP contribution in [0.3, 0.4) is 0 Å². The van der Waals surface area contributed by atoms with Crippen molar-refractivity contribution in [1.29, 1.82) is 0 Å². The van der Waals surface area contributed by atoms with E-state index in [0.717, 1.165) is 25.7 Å². The fraction of sp³-hybridized carbons (Fsp3) is 0.467. The summed E-state index contributed by atoms with van der Waals surface area (Å²) in [5, 5.41) is 0.